The maximum Gasteiger partial charge on any atom is 0.328 e. The molecule has 0 fully saturated rings. The standard InChI is InChI=1S/C10H19NO3/c1-8(4-9(13)14)5-11-6-10(2,3)7-12/h4,11-12H,5-7H2,1-3H3,(H,13,14). The van der Waals surface area contributed by atoms with Crippen LogP contribution in [0.1, 0.15) is 20.8 Å². The Kier molecular flexibility index (Phi) is 5.42. The van der Waals surface area contributed by atoms with Crippen molar-refractivity contribution in [2.45, 2.75) is 20.8 Å². The molecule has 14 heavy (non-hydrogen) atoms. The van der Waals surface area contributed by atoms with Crippen molar-refractivity contribution in [3.8, 4) is 0 Å². The number of hydrogen-bond acceptors (Lipinski definition) is 3. The summed E-state index contributed by atoms with van der Waals surface area (Å²) in [5.41, 5.74) is 0.606. The Bertz CT molecular complexity index is 221. The van der Waals surface area contributed by atoms with Crippen LogP contribution in [0.15, 0.2) is 11.6 Å². The molecule has 4 nitrogen and oxygen atoms in total. The number of carboxylic acids is 1. The predicted molar refractivity (Wildman–Crippen MR) is 55.1 cm³/mol. The van der Waals surface area contributed by atoms with Gasteiger partial charge in [0.2, 0.25) is 0 Å². The van der Waals surface area contributed by atoms with Gasteiger partial charge in [-0.3, -0.25) is 0 Å². The van der Waals surface area contributed by atoms with Gasteiger partial charge in [0.15, 0.2) is 0 Å². The first kappa shape index (κ1) is 13.1. The van der Waals surface area contributed by atoms with E-state index < -0.39 is 5.97 Å². The van der Waals surface area contributed by atoms with E-state index in [0.717, 1.165) is 5.57 Å². The largest absolute Gasteiger partial charge is 0.478 e. The number of aliphatic carboxylic acids is 1. The molecule has 0 unspecified atom stereocenters. The number of aliphatic hydroxyl groups excluding tert-OH is 1. The average molecular weight is 201 g/mol. The molecule has 0 aliphatic heterocycles. The Morgan fingerprint density at radius 3 is 2.50 bits per heavy atom. The van der Waals surface area contributed by atoms with Crippen molar-refractivity contribution >= 4 is 5.97 Å². The molecule has 0 aromatic heterocycles. The van der Waals surface area contributed by atoms with Gasteiger partial charge in [0.25, 0.3) is 0 Å². The van der Waals surface area contributed by atoms with Crippen molar-refractivity contribution < 1.29 is 15.0 Å². The van der Waals surface area contributed by atoms with Crippen LogP contribution in [0.5, 0.6) is 0 Å². The van der Waals surface area contributed by atoms with Gasteiger partial charge in [0.1, 0.15) is 0 Å². The third-order valence-electron chi connectivity index (χ3n) is 1.81. The molecular weight excluding hydrogens is 182 g/mol. The van der Waals surface area contributed by atoms with E-state index >= 15 is 0 Å². The predicted octanol–water partition coefficient (Wildman–Crippen LogP) is 0.625. The fourth-order valence-corrected chi connectivity index (χ4v) is 0.916. The maximum atomic E-state index is 10.3. The molecule has 0 aromatic carbocycles. The second-order valence-electron chi connectivity index (χ2n) is 4.25. The lowest BCUT2D eigenvalue weighted by Gasteiger charge is -2.21. The van der Waals surface area contributed by atoms with Crippen molar-refractivity contribution in [3.63, 3.8) is 0 Å². The van der Waals surface area contributed by atoms with Gasteiger partial charge < -0.3 is 15.5 Å². The average Bonchev–Trinajstić information content (AvgIpc) is 2.02. The zero-order valence-electron chi connectivity index (χ0n) is 9.00. The van der Waals surface area contributed by atoms with Gasteiger partial charge in [0, 0.05) is 31.2 Å². The lowest BCUT2D eigenvalue weighted by molar-refractivity contribution is -0.131. The van der Waals surface area contributed by atoms with Crippen LogP contribution in [0.3, 0.4) is 0 Å². The van der Waals surface area contributed by atoms with Crippen LogP contribution in [-0.2, 0) is 4.79 Å². The molecule has 0 amide bonds. The zero-order chi connectivity index (χ0) is 11.2. The summed E-state index contributed by atoms with van der Waals surface area (Å²) < 4.78 is 0. The van der Waals surface area contributed by atoms with E-state index in [1.54, 1.807) is 6.92 Å². The number of nitrogens with one attached hydrogen (secondary N) is 1. The summed E-state index contributed by atoms with van der Waals surface area (Å²) in [4.78, 5) is 10.3. The number of carbonyl (C=O) groups is 1. The minimum Gasteiger partial charge on any atom is -0.478 e. The van der Waals surface area contributed by atoms with E-state index in [-0.39, 0.29) is 12.0 Å². The number of hydrogen-bond donors (Lipinski definition) is 3. The quantitative estimate of drug-likeness (QED) is 0.551. The van der Waals surface area contributed by atoms with Gasteiger partial charge in [0.05, 0.1) is 0 Å². The molecule has 0 bridgehead atoms. The molecule has 0 rings (SSSR count). The summed E-state index contributed by atoms with van der Waals surface area (Å²) in [6, 6.07) is 0. The molecule has 0 aromatic rings. The van der Waals surface area contributed by atoms with E-state index in [4.69, 9.17) is 10.2 Å². The Labute approximate surface area is 84.6 Å². The highest BCUT2D eigenvalue weighted by Crippen LogP contribution is 2.11. The van der Waals surface area contributed by atoms with E-state index in [1.165, 1.54) is 6.08 Å². The maximum absolute atomic E-state index is 10.3. The van der Waals surface area contributed by atoms with Crippen molar-refractivity contribution in [3.05, 3.63) is 11.6 Å². The van der Waals surface area contributed by atoms with E-state index in [9.17, 15) is 4.79 Å². The van der Waals surface area contributed by atoms with E-state index in [0.29, 0.717) is 13.1 Å². The molecule has 0 heterocycles. The molecular formula is C10H19NO3. The van der Waals surface area contributed by atoms with Crippen molar-refractivity contribution in [1.29, 1.82) is 0 Å². The zero-order valence-corrected chi connectivity index (χ0v) is 9.00. The smallest absolute Gasteiger partial charge is 0.328 e. The second-order valence-corrected chi connectivity index (χ2v) is 4.25. The highest BCUT2D eigenvalue weighted by molar-refractivity contribution is 5.80. The third-order valence-corrected chi connectivity index (χ3v) is 1.81. The minimum absolute atomic E-state index is 0.113. The monoisotopic (exact) mass is 201 g/mol. The topological polar surface area (TPSA) is 69.6 Å². The Balaban J connectivity index is 3.80. The lowest BCUT2D eigenvalue weighted by Crippen LogP contribution is -2.33. The molecule has 0 saturated carbocycles. The summed E-state index contributed by atoms with van der Waals surface area (Å²) in [5.74, 6) is -0.925. The lowest BCUT2D eigenvalue weighted by atomic mass is 9.95. The summed E-state index contributed by atoms with van der Waals surface area (Å²) in [5, 5.41) is 20.5. The number of carboxylic acid groups (broad SMARTS) is 1. The van der Waals surface area contributed by atoms with Gasteiger partial charge >= 0.3 is 5.97 Å². The molecule has 82 valence electrons. The number of rotatable bonds is 6. The van der Waals surface area contributed by atoms with Crippen LogP contribution in [-0.4, -0.2) is 35.9 Å². The van der Waals surface area contributed by atoms with E-state index in [1.807, 2.05) is 13.8 Å². The van der Waals surface area contributed by atoms with Gasteiger partial charge in [-0.1, -0.05) is 19.4 Å². The van der Waals surface area contributed by atoms with Crippen LogP contribution in [0, 0.1) is 5.41 Å². The van der Waals surface area contributed by atoms with Gasteiger partial charge in [-0.25, -0.2) is 4.79 Å². The molecule has 3 N–H and O–H groups in total. The van der Waals surface area contributed by atoms with Crippen LogP contribution >= 0.6 is 0 Å². The first-order valence-electron chi connectivity index (χ1n) is 4.59. The fraction of sp³-hybridized carbons (Fsp3) is 0.700. The Hall–Kier alpha value is -0.870. The van der Waals surface area contributed by atoms with Crippen molar-refractivity contribution in [1.82, 2.24) is 5.32 Å². The minimum atomic E-state index is -0.925. The molecule has 0 aliphatic carbocycles. The molecule has 0 aliphatic rings. The Morgan fingerprint density at radius 1 is 1.50 bits per heavy atom. The fourth-order valence-electron chi connectivity index (χ4n) is 0.916. The summed E-state index contributed by atoms with van der Waals surface area (Å²) >= 11 is 0. The highest BCUT2D eigenvalue weighted by Gasteiger charge is 2.15. The van der Waals surface area contributed by atoms with Crippen LogP contribution in [0.2, 0.25) is 0 Å². The molecule has 4 heteroatoms. The SMILES string of the molecule is CC(=CC(=O)O)CNCC(C)(C)CO. The van der Waals surface area contributed by atoms with Crippen LogP contribution in [0.25, 0.3) is 0 Å². The normalized spacial score (nSPS) is 13.0. The first-order valence-corrected chi connectivity index (χ1v) is 4.59. The van der Waals surface area contributed by atoms with Gasteiger partial charge in [-0.2, -0.15) is 0 Å². The molecule has 0 radical (unpaired) electrons. The van der Waals surface area contributed by atoms with Gasteiger partial charge in [-0.15, -0.1) is 0 Å². The molecule has 0 atom stereocenters. The highest BCUT2D eigenvalue weighted by atomic mass is 16.4. The van der Waals surface area contributed by atoms with Crippen molar-refractivity contribution in [2.24, 2.45) is 5.41 Å². The molecule has 0 saturated heterocycles. The second kappa shape index (κ2) is 5.78. The summed E-state index contributed by atoms with van der Waals surface area (Å²) in [6.45, 7) is 6.95. The number of aliphatic hydroxyl groups is 1. The van der Waals surface area contributed by atoms with Gasteiger partial charge in [-0.05, 0) is 6.92 Å². The van der Waals surface area contributed by atoms with Crippen LogP contribution < -0.4 is 5.32 Å². The summed E-state index contributed by atoms with van der Waals surface area (Å²) in [6.07, 6.45) is 1.18. The Morgan fingerprint density at radius 2 is 2.07 bits per heavy atom. The van der Waals surface area contributed by atoms with Crippen LogP contribution in [0.4, 0.5) is 0 Å². The van der Waals surface area contributed by atoms with E-state index in [2.05, 4.69) is 5.32 Å². The van der Waals surface area contributed by atoms with Crippen molar-refractivity contribution in [2.75, 3.05) is 19.7 Å². The molecule has 0 spiro atoms. The first-order chi connectivity index (χ1) is 6.37. The summed E-state index contributed by atoms with van der Waals surface area (Å²) in [7, 11) is 0. The third kappa shape index (κ3) is 6.62.